The summed E-state index contributed by atoms with van der Waals surface area (Å²) in [5.74, 6) is -0.373. The van der Waals surface area contributed by atoms with Crippen molar-refractivity contribution in [3.8, 4) is 11.8 Å². The first-order valence-corrected chi connectivity index (χ1v) is 12.5. The number of nitriles is 1. The van der Waals surface area contributed by atoms with Gasteiger partial charge in [0, 0.05) is 29.3 Å². The molecule has 0 bridgehead atoms. The van der Waals surface area contributed by atoms with Crippen LogP contribution in [0.25, 0.3) is 10.8 Å². The number of carbonyl (C=O) groups is 2. The van der Waals surface area contributed by atoms with E-state index in [1.807, 2.05) is 12.1 Å². The molecule has 2 amide bonds. The summed E-state index contributed by atoms with van der Waals surface area (Å²) in [5.41, 5.74) is 8.26. The van der Waals surface area contributed by atoms with Gasteiger partial charge in [0.2, 0.25) is 5.91 Å². The minimum absolute atomic E-state index is 0.0727. The molecule has 0 radical (unpaired) electrons. The molecule has 4 aromatic carbocycles. The van der Waals surface area contributed by atoms with Crippen LogP contribution in [0.4, 0.5) is 21.9 Å². The Morgan fingerprint density at radius 2 is 1.68 bits per heavy atom. The van der Waals surface area contributed by atoms with Crippen LogP contribution in [0.1, 0.15) is 24.2 Å². The van der Waals surface area contributed by atoms with Crippen molar-refractivity contribution in [3.63, 3.8) is 0 Å². The van der Waals surface area contributed by atoms with Gasteiger partial charge in [0.1, 0.15) is 11.9 Å². The van der Waals surface area contributed by atoms with Crippen molar-refractivity contribution in [2.75, 3.05) is 23.0 Å². The van der Waals surface area contributed by atoms with Gasteiger partial charge in [-0.1, -0.05) is 42.5 Å². The summed E-state index contributed by atoms with van der Waals surface area (Å²) in [6.45, 7) is 2.05. The number of phenolic OH excluding ortho intramolecular Hbond substituents is 1. The number of nitrogen functional groups attached to an aromatic ring is 1. The summed E-state index contributed by atoms with van der Waals surface area (Å²) >= 11 is 0. The van der Waals surface area contributed by atoms with E-state index in [-0.39, 0.29) is 12.4 Å². The third-order valence-electron chi connectivity index (χ3n) is 6.05. The largest absolute Gasteiger partial charge is 0.507 e. The van der Waals surface area contributed by atoms with Crippen molar-refractivity contribution >= 4 is 39.8 Å². The molecule has 0 aliphatic rings. The van der Waals surface area contributed by atoms with Gasteiger partial charge in [-0.25, -0.2) is 4.79 Å². The number of phenols is 1. The molecule has 0 heterocycles. The highest BCUT2D eigenvalue weighted by Gasteiger charge is 2.28. The lowest BCUT2D eigenvalue weighted by Gasteiger charge is -2.26. The number of para-hydroxylation sites is 2. The molecule has 5 N–H and O–H groups in total. The third-order valence-corrected chi connectivity index (χ3v) is 6.05. The van der Waals surface area contributed by atoms with Crippen LogP contribution in [-0.4, -0.2) is 29.8 Å². The molecule has 0 saturated carbocycles. The lowest BCUT2D eigenvalue weighted by molar-refractivity contribution is -0.112. The van der Waals surface area contributed by atoms with Crippen molar-refractivity contribution in [1.29, 1.82) is 5.26 Å². The van der Waals surface area contributed by atoms with Crippen LogP contribution >= 0.6 is 0 Å². The van der Waals surface area contributed by atoms with Gasteiger partial charge in [-0.05, 0) is 60.9 Å². The fourth-order valence-electron chi connectivity index (χ4n) is 4.16. The highest BCUT2D eigenvalue weighted by molar-refractivity contribution is 6.01. The quantitative estimate of drug-likeness (QED) is 0.154. The molecule has 2 atom stereocenters. The number of fused-ring (bicyclic) bond motifs is 1. The standard InChI is InChI=1S/C31H28N4O5/c1-2-39-28(17-18-29(37)35-26-10-6-5-9-25(26)33)30(24-15-16-27(36)23-8-4-3-7-22(23)24)40-31(38)34-21-13-11-20(19-32)12-14-21/h3-18,28,30,36H,2,33H2,1H3,(H,34,38)(H,35,37)/b18-17+/t28-,30-/m0/s1. The first-order chi connectivity index (χ1) is 19.4. The van der Waals surface area contributed by atoms with Crippen LogP contribution in [0, 0.1) is 11.3 Å². The maximum atomic E-state index is 13.1. The topological polar surface area (TPSA) is 147 Å². The number of anilines is 3. The Balaban J connectivity index is 1.66. The zero-order valence-electron chi connectivity index (χ0n) is 21.7. The SMILES string of the molecule is CCO[C@@H](/C=C/C(=O)Nc1ccccc1N)[C@@H](OC(=O)Nc1ccc(C#N)cc1)c1ccc(O)c2ccccc12. The first-order valence-electron chi connectivity index (χ1n) is 12.5. The van der Waals surface area contributed by atoms with Crippen molar-refractivity contribution < 1.29 is 24.2 Å². The van der Waals surface area contributed by atoms with Gasteiger partial charge in [-0.3, -0.25) is 10.1 Å². The molecule has 9 nitrogen and oxygen atoms in total. The fourth-order valence-corrected chi connectivity index (χ4v) is 4.16. The Bertz CT molecular complexity index is 1580. The lowest BCUT2D eigenvalue weighted by atomic mass is 9.96. The average Bonchev–Trinajstić information content (AvgIpc) is 2.96. The lowest BCUT2D eigenvalue weighted by Crippen LogP contribution is -2.28. The van der Waals surface area contributed by atoms with Crippen molar-refractivity contribution in [2.24, 2.45) is 0 Å². The van der Waals surface area contributed by atoms with E-state index in [0.29, 0.717) is 39.0 Å². The van der Waals surface area contributed by atoms with Crippen LogP contribution in [-0.2, 0) is 14.3 Å². The molecule has 0 spiro atoms. The normalized spacial score (nSPS) is 12.4. The monoisotopic (exact) mass is 536 g/mol. The molecule has 9 heteroatoms. The number of ether oxygens (including phenoxy) is 2. The molecule has 0 aromatic heterocycles. The maximum Gasteiger partial charge on any atom is 0.412 e. The van der Waals surface area contributed by atoms with E-state index in [2.05, 4.69) is 10.6 Å². The smallest absolute Gasteiger partial charge is 0.412 e. The Morgan fingerprint density at radius 1 is 0.975 bits per heavy atom. The second kappa shape index (κ2) is 13.0. The highest BCUT2D eigenvalue weighted by Crippen LogP contribution is 2.35. The molecule has 0 unspecified atom stereocenters. The van der Waals surface area contributed by atoms with Gasteiger partial charge in [0.15, 0.2) is 6.10 Å². The molecule has 0 fully saturated rings. The molecule has 4 aromatic rings. The predicted molar refractivity (Wildman–Crippen MR) is 154 cm³/mol. The molecule has 4 rings (SSSR count). The molecular formula is C31H28N4O5. The summed E-state index contributed by atoms with van der Waals surface area (Å²) in [6, 6.07) is 25.6. The number of nitrogens with one attached hydrogen (secondary N) is 2. The summed E-state index contributed by atoms with van der Waals surface area (Å²) < 4.78 is 11.9. The number of nitrogens with zero attached hydrogens (tertiary/aromatic N) is 1. The molecule has 202 valence electrons. The fraction of sp³-hybridized carbons (Fsp3) is 0.129. The third kappa shape index (κ3) is 6.75. The van der Waals surface area contributed by atoms with Gasteiger partial charge in [0.05, 0.1) is 23.0 Å². The van der Waals surface area contributed by atoms with Crippen LogP contribution in [0.3, 0.4) is 0 Å². The summed E-state index contributed by atoms with van der Waals surface area (Å²) in [7, 11) is 0. The van der Waals surface area contributed by atoms with Gasteiger partial charge in [0.25, 0.3) is 0 Å². The van der Waals surface area contributed by atoms with E-state index < -0.39 is 24.2 Å². The molecule has 40 heavy (non-hydrogen) atoms. The Kier molecular flexibility index (Phi) is 8.97. The van der Waals surface area contributed by atoms with Crippen LogP contribution in [0.15, 0.2) is 97.1 Å². The van der Waals surface area contributed by atoms with E-state index in [0.717, 1.165) is 0 Å². The van der Waals surface area contributed by atoms with Gasteiger partial charge < -0.3 is 25.6 Å². The van der Waals surface area contributed by atoms with Crippen molar-refractivity contribution in [3.05, 3.63) is 108 Å². The van der Waals surface area contributed by atoms with E-state index in [9.17, 15) is 14.7 Å². The van der Waals surface area contributed by atoms with Crippen LogP contribution in [0.5, 0.6) is 5.75 Å². The molecule has 0 aliphatic heterocycles. The number of benzene rings is 4. The summed E-state index contributed by atoms with van der Waals surface area (Å²) in [4.78, 5) is 25.8. The zero-order valence-corrected chi connectivity index (χ0v) is 21.7. The molecular weight excluding hydrogens is 508 g/mol. The number of hydrogen-bond donors (Lipinski definition) is 4. The average molecular weight is 537 g/mol. The van der Waals surface area contributed by atoms with Crippen molar-refractivity contribution in [1.82, 2.24) is 0 Å². The molecule has 0 saturated heterocycles. The number of rotatable bonds is 9. The highest BCUT2D eigenvalue weighted by atomic mass is 16.6. The van der Waals surface area contributed by atoms with Gasteiger partial charge in [-0.15, -0.1) is 0 Å². The number of carbonyl (C=O) groups excluding carboxylic acids is 2. The number of hydrogen-bond acceptors (Lipinski definition) is 7. The number of nitrogens with two attached hydrogens (primary N) is 1. The van der Waals surface area contributed by atoms with E-state index in [4.69, 9.17) is 20.5 Å². The first kappa shape index (κ1) is 27.7. The predicted octanol–water partition coefficient (Wildman–Crippen LogP) is 5.89. The second-order valence-electron chi connectivity index (χ2n) is 8.72. The Labute approximate surface area is 231 Å². The van der Waals surface area contributed by atoms with Crippen molar-refractivity contribution in [2.45, 2.75) is 19.1 Å². The second-order valence-corrected chi connectivity index (χ2v) is 8.72. The molecule has 0 aliphatic carbocycles. The summed E-state index contributed by atoms with van der Waals surface area (Å²) in [6.07, 6.45) is 0.161. The number of aromatic hydroxyl groups is 1. The van der Waals surface area contributed by atoms with Gasteiger partial charge in [-0.2, -0.15) is 5.26 Å². The number of amides is 2. The van der Waals surface area contributed by atoms with Gasteiger partial charge >= 0.3 is 6.09 Å². The minimum Gasteiger partial charge on any atom is -0.507 e. The maximum absolute atomic E-state index is 13.1. The summed E-state index contributed by atoms with van der Waals surface area (Å²) in [5, 5.41) is 26.1. The van der Waals surface area contributed by atoms with Crippen LogP contribution < -0.4 is 16.4 Å². The Hall–Kier alpha value is -5.33. The Morgan fingerprint density at radius 3 is 2.38 bits per heavy atom. The zero-order chi connectivity index (χ0) is 28.5. The minimum atomic E-state index is -1.00. The van der Waals surface area contributed by atoms with E-state index in [1.165, 1.54) is 18.2 Å². The van der Waals surface area contributed by atoms with Crippen LogP contribution in [0.2, 0.25) is 0 Å². The van der Waals surface area contributed by atoms with E-state index in [1.54, 1.807) is 79.7 Å². The van der Waals surface area contributed by atoms with E-state index >= 15 is 0 Å².